The number of nitrogens with one attached hydrogen (secondary N) is 2. The van der Waals surface area contributed by atoms with E-state index in [4.69, 9.17) is 14.2 Å². The standard InChI is InChI=1S/C25H32N2O5S2/c1-26-24(28)31-15-17-34-33-16-14-30-13-12-27-25(29)32-23-18-21-8-3-2-6-19(21)10-11-20-7-4-5-9-22(20)23/h2-9,23H,10-18H2,1H3,(H,26,28)(H,27,29). The number of alkyl carbamates (subject to hydrolysis) is 2. The Morgan fingerprint density at radius 1 is 0.882 bits per heavy atom. The number of carbonyl (C=O) groups is 2. The van der Waals surface area contributed by atoms with Gasteiger partial charge in [-0.05, 0) is 35.1 Å². The van der Waals surface area contributed by atoms with Gasteiger partial charge in [0.1, 0.15) is 12.7 Å². The highest BCUT2D eigenvalue weighted by molar-refractivity contribution is 8.76. The molecule has 0 aliphatic heterocycles. The summed E-state index contributed by atoms with van der Waals surface area (Å²) in [6, 6.07) is 16.6. The highest BCUT2D eigenvalue weighted by Crippen LogP contribution is 2.30. The molecule has 0 bridgehead atoms. The van der Waals surface area contributed by atoms with E-state index in [2.05, 4.69) is 41.0 Å². The Labute approximate surface area is 209 Å². The van der Waals surface area contributed by atoms with Crippen molar-refractivity contribution in [3.05, 3.63) is 70.8 Å². The molecule has 2 aromatic carbocycles. The van der Waals surface area contributed by atoms with Crippen LogP contribution in [0, 0.1) is 0 Å². The number of hydrogen-bond acceptors (Lipinski definition) is 7. The summed E-state index contributed by atoms with van der Waals surface area (Å²) in [6.45, 7) is 1.77. The lowest BCUT2D eigenvalue weighted by Gasteiger charge is -2.25. The molecule has 2 N–H and O–H groups in total. The second-order valence-electron chi connectivity index (χ2n) is 7.63. The minimum atomic E-state index is -0.428. The zero-order valence-electron chi connectivity index (χ0n) is 19.4. The van der Waals surface area contributed by atoms with Crippen LogP contribution in [0.5, 0.6) is 0 Å². The van der Waals surface area contributed by atoms with Gasteiger partial charge in [-0.2, -0.15) is 0 Å². The summed E-state index contributed by atoms with van der Waals surface area (Å²) in [4.78, 5) is 23.4. The maximum absolute atomic E-state index is 12.5. The fourth-order valence-corrected chi connectivity index (χ4v) is 5.40. The van der Waals surface area contributed by atoms with E-state index >= 15 is 0 Å². The monoisotopic (exact) mass is 504 g/mol. The summed E-state index contributed by atoms with van der Waals surface area (Å²) in [5.41, 5.74) is 4.86. The highest BCUT2D eigenvalue weighted by Gasteiger charge is 2.23. The summed E-state index contributed by atoms with van der Waals surface area (Å²) >= 11 is 0. The summed E-state index contributed by atoms with van der Waals surface area (Å²) < 4.78 is 16.4. The summed E-state index contributed by atoms with van der Waals surface area (Å²) in [7, 11) is 4.82. The Kier molecular flexibility index (Phi) is 11.4. The highest BCUT2D eigenvalue weighted by atomic mass is 33.1. The molecule has 0 saturated carbocycles. The number of hydrogen-bond donors (Lipinski definition) is 2. The zero-order valence-corrected chi connectivity index (χ0v) is 21.1. The van der Waals surface area contributed by atoms with Crippen molar-refractivity contribution in [2.45, 2.75) is 25.4 Å². The Bertz CT molecular complexity index is 928. The van der Waals surface area contributed by atoms with Gasteiger partial charge in [-0.25, -0.2) is 9.59 Å². The largest absolute Gasteiger partial charge is 0.449 e. The molecule has 2 amide bonds. The number of fused-ring (bicyclic) bond motifs is 2. The average Bonchev–Trinajstić information content (AvgIpc) is 2.85. The van der Waals surface area contributed by atoms with E-state index in [1.54, 1.807) is 21.6 Å². The minimum absolute atomic E-state index is 0.320. The number of benzene rings is 2. The third-order valence-electron chi connectivity index (χ3n) is 5.35. The fourth-order valence-electron chi connectivity index (χ4n) is 3.71. The van der Waals surface area contributed by atoms with E-state index in [0.29, 0.717) is 32.8 Å². The van der Waals surface area contributed by atoms with Crippen molar-refractivity contribution in [1.29, 1.82) is 0 Å². The van der Waals surface area contributed by atoms with Crippen LogP contribution < -0.4 is 10.6 Å². The summed E-state index contributed by atoms with van der Waals surface area (Å²) in [5, 5.41) is 5.21. The summed E-state index contributed by atoms with van der Waals surface area (Å²) in [5.74, 6) is 1.54. The van der Waals surface area contributed by atoms with Crippen LogP contribution in [0.3, 0.4) is 0 Å². The van der Waals surface area contributed by atoms with E-state index < -0.39 is 12.2 Å². The molecule has 0 saturated heterocycles. The number of carbonyl (C=O) groups excluding carboxylic acids is 2. The van der Waals surface area contributed by atoms with Crippen LogP contribution in [-0.4, -0.2) is 57.1 Å². The molecule has 1 aliphatic rings. The molecule has 0 radical (unpaired) electrons. The predicted octanol–water partition coefficient (Wildman–Crippen LogP) is 4.55. The first-order valence-electron chi connectivity index (χ1n) is 11.4. The lowest BCUT2D eigenvalue weighted by molar-refractivity contribution is 0.0912. The molecule has 0 spiro atoms. The van der Waals surface area contributed by atoms with Crippen LogP contribution >= 0.6 is 21.6 Å². The molecule has 184 valence electrons. The van der Waals surface area contributed by atoms with E-state index in [9.17, 15) is 9.59 Å². The van der Waals surface area contributed by atoms with Crippen molar-refractivity contribution in [3.63, 3.8) is 0 Å². The molecule has 2 aromatic rings. The van der Waals surface area contributed by atoms with Crippen LogP contribution in [0.4, 0.5) is 9.59 Å². The predicted molar refractivity (Wildman–Crippen MR) is 137 cm³/mol. The van der Waals surface area contributed by atoms with E-state index in [-0.39, 0.29) is 6.10 Å². The van der Waals surface area contributed by atoms with Crippen molar-refractivity contribution in [1.82, 2.24) is 10.6 Å². The second kappa shape index (κ2) is 14.8. The van der Waals surface area contributed by atoms with Gasteiger partial charge in [-0.1, -0.05) is 70.1 Å². The van der Waals surface area contributed by atoms with Gasteiger partial charge in [0.25, 0.3) is 0 Å². The normalized spacial score (nSPS) is 14.7. The Morgan fingerprint density at radius 2 is 1.56 bits per heavy atom. The lowest BCUT2D eigenvalue weighted by Crippen LogP contribution is -2.30. The van der Waals surface area contributed by atoms with E-state index in [0.717, 1.165) is 29.9 Å². The topological polar surface area (TPSA) is 85.9 Å². The first kappa shape index (κ1) is 26.2. The van der Waals surface area contributed by atoms with Crippen LogP contribution in [0.2, 0.25) is 0 Å². The van der Waals surface area contributed by atoms with Gasteiger partial charge in [0.15, 0.2) is 0 Å². The van der Waals surface area contributed by atoms with Gasteiger partial charge in [-0.3, -0.25) is 0 Å². The smallest absolute Gasteiger partial charge is 0.407 e. The molecule has 9 heteroatoms. The quantitative estimate of drug-likeness (QED) is 0.343. The van der Waals surface area contributed by atoms with Gasteiger partial charge in [0.05, 0.1) is 13.2 Å². The van der Waals surface area contributed by atoms with Gasteiger partial charge in [0.2, 0.25) is 0 Å². The first-order valence-corrected chi connectivity index (χ1v) is 13.9. The van der Waals surface area contributed by atoms with E-state index in [1.807, 2.05) is 18.2 Å². The molecule has 3 rings (SSSR count). The molecule has 0 heterocycles. The fraction of sp³-hybridized carbons (Fsp3) is 0.440. The number of rotatable bonds is 11. The molecule has 7 nitrogen and oxygen atoms in total. The van der Waals surface area contributed by atoms with Gasteiger partial charge in [0, 0.05) is 31.5 Å². The van der Waals surface area contributed by atoms with Crippen molar-refractivity contribution < 1.29 is 23.8 Å². The van der Waals surface area contributed by atoms with Crippen LogP contribution in [0.25, 0.3) is 0 Å². The molecule has 1 atom stereocenters. The van der Waals surface area contributed by atoms with Crippen LogP contribution in [-0.2, 0) is 33.5 Å². The second-order valence-corrected chi connectivity index (χ2v) is 10.3. The number of amides is 2. The maximum atomic E-state index is 12.5. The minimum Gasteiger partial charge on any atom is -0.449 e. The Hall–Kier alpha value is -2.36. The number of ether oxygens (including phenoxy) is 3. The zero-order chi connectivity index (χ0) is 24.0. The molecule has 34 heavy (non-hydrogen) atoms. The third-order valence-corrected chi connectivity index (χ3v) is 7.69. The van der Waals surface area contributed by atoms with Crippen molar-refractivity contribution >= 4 is 33.8 Å². The Balaban J connectivity index is 1.35. The molecular formula is C25H32N2O5S2. The molecule has 1 aliphatic carbocycles. The first-order chi connectivity index (χ1) is 16.7. The molecule has 0 fully saturated rings. The lowest BCUT2D eigenvalue weighted by atomic mass is 9.87. The number of aryl methyl sites for hydroxylation is 2. The molecular weight excluding hydrogens is 472 g/mol. The summed E-state index contributed by atoms with van der Waals surface area (Å²) in [6.07, 6.45) is 1.43. The van der Waals surface area contributed by atoms with Crippen molar-refractivity contribution in [2.24, 2.45) is 0 Å². The Morgan fingerprint density at radius 3 is 2.35 bits per heavy atom. The van der Waals surface area contributed by atoms with Crippen molar-refractivity contribution in [2.75, 3.05) is 44.9 Å². The molecule has 1 unspecified atom stereocenters. The van der Waals surface area contributed by atoms with Gasteiger partial charge < -0.3 is 24.8 Å². The average molecular weight is 505 g/mol. The van der Waals surface area contributed by atoms with Crippen LogP contribution in [0.1, 0.15) is 28.4 Å². The van der Waals surface area contributed by atoms with Crippen molar-refractivity contribution in [3.8, 4) is 0 Å². The van der Waals surface area contributed by atoms with Gasteiger partial charge in [-0.15, -0.1) is 0 Å². The maximum Gasteiger partial charge on any atom is 0.407 e. The third kappa shape index (κ3) is 8.77. The molecule has 0 aromatic heterocycles. The van der Waals surface area contributed by atoms with Crippen LogP contribution in [0.15, 0.2) is 48.5 Å². The van der Waals surface area contributed by atoms with Gasteiger partial charge >= 0.3 is 12.2 Å². The van der Waals surface area contributed by atoms with E-state index in [1.165, 1.54) is 23.7 Å². The SMILES string of the molecule is CNC(=O)OCCSSCCOCCNC(=O)OC1Cc2ccccc2CCc2ccccc21.